The van der Waals surface area contributed by atoms with Gasteiger partial charge in [-0.15, -0.1) is 10.2 Å². The van der Waals surface area contributed by atoms with Gasteiger partial charge >= 0.3 is 0 Å². The summed E-state index contributed by atoms with van der Waals surface area (Å²) in [5.41, 5.74) is 1.43. The molecular formula is C20H28N6. The number of likely N-dealkylation sites (tertiary alicyclic amines) is 1. The maximum Gasteiger partial charge on any atom is 0.194 e. The maximum atomic E-state index is 4.88. The van der Waals surface area contributed by atoms with Crippen LogP contribution in [0.4, 0.5) is 0 Å². The van der Waals surface area contributed by atoms with Crippen molar-refractivity contribution in [1.29, 1.82) is 0 Å². The summed E-state index contributed by atoms with van der Waals surface area (Å²) in [6.45, 7) is 6.70. The number of nitrogens with one attached hydrogen (secondary N) is 1. The average Bonchev–Trinajstić information content (AvgIpc) is 3.33. The van der Waals surface area contributed by atoms with Gasteiger partial charge in [-0.2, -0.15) is 0 Å². The number of benzene rings is 1. The fraction of sp³-hybridized carbons (Fsp3) is 0.550. The van der Waals surface area contributed by atoms with Crippen LogP contribution in [0.2, 0.25) is 0 Å². The summed E-state index contributed by atoms with van der Waals surface area (Å²) in [6.07, 6.45) is 4.65. The Morgan fingerprint density at radius 1 is 1.19 bits per heavy atom. The molecule has 1 aromatic carbocycles. The van der Waals surface area contributed by atoms with Crippen LogP contribution in [0, 0.1) is 0 Å². The molecule has 0 amide bonds. The highest BCUT2D eigenvalue weighted by atomic mass is 15.3. The Morgan fingerprint density at radius 3 is 2.92 bits per heavy atom. The molecule has 0 radical (unpaired) electrons. The zero-order valence-electron chi connectivity index (χ0n) is 15.6. The van der Waals surface area contributed by atoms with Crippen LogP contribution in [0.5, 0.6) is 0 Å². The number of rotatable bonds is 4. The fourth-order valence-corrected chi connectivity index (χ4v) is 4.01. The van der Waals surface area contributed by atoms with Crippen LogP contribution in [-0.4, -0.2) is 45.3 Å². The van der Waals surface area contributed by atoms with Crippen LogP contribution >= 0.6 is 0 Å². The third-order valence-electron chi connectivity index (χ3n) is 5.40. The van der Waals surface area contributed by atoms with Crippen LogP contribution in [0.3, 0.4) is 0 Å². The van der Waals surface area contributed by atoms with Crippen LogP contribution in [0.15, 0.2) is 35.3 Å². The van der Waals surface area contributed by atoms with Gasteiger partial charge in [0.15, 0.2) is 11.8 Å². The van der Waals surface area contributed by atoms with Gasteiger partial charge in [-0.1, -0.05) is 30.3 Å². The highest BCUT2D eigenvalue weighted by molar-refractivity contribution is 5.80. The largest absolute Gasteiger partial charge is 0.357 e. The Labute approximate surface area is 155 Å². The van der Waals surface area contributed by atoms with Gasteiger partial charge in [-0.25, -0.2) is 4.99 Å². The molecule has 0 spiro atoms. The molecule has 138 valence electrons. The Bertz CT molecular complexity index is 751. The number of fused-ring (bicyclic) bond motifs is 1. The van der Waals surface area contributed by atoms with Gasteiger partial charge in [0.05, 0.1) is 0 Å². The van der Waals surface area contributed by atoms with Crippen LogP contribution in [0.25, 0.3) is 0 Å². The molecule has 3 heterocycles. The first kappa shape index (κ1) is 17.1. The first-order valence-electron chi connectivity index (χ1n) is 9.84. The number of hydrogen-bond acceptors (Lipinski definition) is 3. The highest BCUT2D eigenvalue weighted by Crippen LogP contribution is 2.27. The molecule has 1 fully saturated rings. The highest BCUT2D eigenvalue weighted by Gasteiger charge is 2.26. The van der Waals surface area contributed by atoms with E-state index < -0.39 is 0 Å². The molecule has 0 bridgehead atoms. The molecule has 6 heteroatoms. The van der Waals surface area contributed by atoms with Crippen molar-refractivity contribution in [2.45, 2.75) is 51.6 Å². The Hall–Kier alpha value is -2.37. The minimum atomic E-state index is 0.584. The lowest BCUT2D eigenvalue weighted by Crippen LogP contribution is -2.40. The molecular weight excluding hydrogens is 324 g/mol. The van der Waals surface area contributed by atoms with Crippen molar-refractivity contribution in [3.63, 3.8) is 0 Å². The van der Waals surface area contributed by atoms with Crippen molar-refractivity contribution in [2.75, 3.05) is 19.6 Å². The summed E-state index contributed by atoms with van der Waals surface area (Å²) < 4.78 is 2.26. The van der Waals surface area contributed by atoms with Crippen molar-refractivity contribution in [1.82, 2.24) is 25.0 Å². The van der Waals surface area contributed by atoms with Crippen molar-refractivity contribution < 1.29 is 0 Å². The summed E-state index contributed by atoms with van der Waals surface area (Å²) in [5, 5.41) is 12.2. The Kier molecular flexibility index (Phi) is 5.18. The number of nitrogens with zero attached hydrogens (tertiary/aromatic N) is 5. The smallest absolute Gasteiger partial charge is 0.194 e. The molecule has 0 saturated carbocycles. The molecule has 1 saturated heterocycles. The lowest BCUT2D eigenvalue weighted by Gasteiger charge is -2.22. The molecule has 1 unspecified atom stereocenters. The molecule has 6 nitrogen and oxygen atoms in total. The lowest BCUT2D eigenvalue weighted by molar-refractivity contribution is 0.482. The van der Waals surface area contributed by atoms with Gasteiger partial charge in [0, 0.05) is 38.5 Å². The quantitative estimate of drug-likeness (QED) is 0.679. The van der Waals surface area contributed by atoms with Gasteiger partial charge in [-0.05, 0) is 31.7 Å². The predicted octanol–water partition coefficient (Wildman–Crippen LogP) is 2.57. The zero-order valence-corrected chi connectivity index (χ0v) is 15.6. The van der Waals surface area contributed by atoms with Gasteiger partial charge in [-0.3, -0.25) is 0 Å². The number of hydrogen-bond donors (Lipinski definition) is 1. The molecule has 2 aliphatic rings. The van der Waals surface area contributed by atoms with E-state index in [4.69, 9.17) is 4.99 Å². The van der Waals surface area contributed by atoms with E-state index in [1.807, 2.05) is 0 Å². The van der Waals surface area contributed by atoms with E-state index in [1.54, 1.807) is 0 Å². The van der Waals surface area contributed by atoms with Crippen LogP contribution in [-0.2, 0) is 19.5 Å². The van der Waals surface area contributed by atoms with Crippen molar-refractivity contribution in [3.8, 4) is 0 Å². The molecule has 1 atom stereocenters. The predicted molar refractivity (Wildman–Crippen MR) is 103 cm³/mol. The van der Waals surface area contributed by atoms with Gasteiger partial charge < -0.3 is 14.8 Å². The molecule has 1 N–H and O–H groups in total. The lowest BCUT2D eigenvalue weighted by atomic mass is 9.99. The number of aromatic nitrogens is 3. The molecule has 1 aromatic heterocycles. The fourth-order valence-electron chi connectivity index (χ4n) is 4.01. The standard InChI is InChI=1S/C20H28N6/c1-2-21-20(22-14-19-24-23-18-10-6-7-12-26(18)19)25-13-11-17(15-25)16-8-4-3-5-9-16/h3-5,8-9,17H,2,6-7,10-15H2,1H3,(H,21,22). The second kappa shape index (κ2) is 7.89. The van der Waals surface area contributed by atoms with E-state index in [1.165, 1.54) is 24.8 Å². The monoisotopic (exact) mass is 352 g/mol. The normalized spacial score (nSPS) is 20.3. The maximum absolute atomic E-state index is 4.88. The first-order chi connectivity index (χ1) is 12.8. The Morgan fingerprint density at radius 2 is 2.08 bits per heavy atom. The topological polar surface area (TPSA) is 58.3 Å². The van der Waals surface area contributed by atoms with E-state index in [-0.39, 0.29) is 0 Å². The second-order valence-electron chi connectivity index (χ2n) is 7.15. The van der Waals surface area contributed by atoms with Crippen LogP contribution in [0.1, 0.15) is 49.3 Å². The number of aliphatic imine (C=N–C) groups is 1. The molecule has 4 rings (SSSR count). The van der Waals surface area contributed by atoms with Crippen molar-refractivity contribution >= 4 is 5.96 Å². The molecule has 2 aromatic rings. The SMILES string of the molecule is CCNC(=NCc1nnc2n1CCCC2)N1CCC(c2ccccc2)C1. The molecule has 2 aliphatic heterocycles. The zero-order chi connectivity index (χ0) is 17.8. The minimum absolute atomic E-state index is 0.584. The summed E-state index contributed by atoms with van der Waals surface area (Å²) in [4.78, 5) is 7.27. The van der Waals surface area contributed by atoms with E-state index in [0.717, 1.165) is 50.2 Å². The molecule has 26 heavy (non-hydrogen) atoms. The van der Waals surface area contributed by atoms with Gasteiger partial charge in [0.1, 0.15) is 12.4 Å². The summed E-state index contributed by atoms with van der Waals surface area (Å²) in [7, 11) is 0. The summed E-state index contributed by atoms with van der Waals surface area (Å²) in [5.74, 6) is 3.70. The van der Waals surface area contributed by atoms with Crippen molar-refractivity contribution in [3.05, 3.63) is 47.5 Å². The second-order valence-corrected chi connectivity index (χ2v) is 7.15. The Balaban J connectivity index is 1.46. The third kappa shape index (κ3) is 3.59. The van der Waals surface area contributed by atoms with Crippen LogP contribution < -0.4 is 5.32 Å². The van der Waals surface area contributed by atoms with E-state index in [9.17, 15) is 0 Å². The minimum Gasteiger partial charge on any atom is -0.357 e. The van der Waals surface area contributed by atoms with E-state index in [2.05, 4.69) is 62.2 Å². The van der Waals surface area contributed by atoms with E-state index in [0.29, 0.717) is 12.5 Å². The molecule has 0 aliphatic carbocycles. The first-order valence-corrected chi connectivity index (χ1v) is 9.84. The van der Waals surface area contributed by atoms with Crippen molar-refractivity contribution in [2.24, 2.45) is 4.99 Å². The average molecular weight is 352 g/mol. The van der Waals surface area contributed by atoms with E-state index >= 15 is 0 Å². The number of aryl methyl sites for hydroxylation is 1. The summed E-state index contributed by atoms with van der Waals surface area (Å²) >= 11 is 0. The third-order valence-corrected chi connectivity index (χ3v) is 5.40. The van der Waals surface area contributed by atoms with Gasteiger partial charge in [0.25, 0.3) is 0 Å². The van der Waals surface area contributed by atoms with Gasteiger partial charge in [0.2, 0.25) is 0 Å². The summed E-state index contributed by atoms with van der Waals surface area (Å²) in [6, 6.07) is 10.8. The number of guanidine groups is 1.